The van der Waals surface area contributed by atoms with E-state index < -0.39 is 0 Å². The number of benzene rings is 1. The minimum atomic E-state index is -0.253. The molecule has 0 bridgehead atoms. The van der Waals surface area contributed by atoms with E-state index in [9.17, 15) is 9.18 Å². The molecule has 0 atom stereocenters. The van der Waals surface area contributed by atoms with Crippen molar-refractivity contribution in [2.45, 2.75) is 20.3 Å². The first kappa shape index (κ1) is 14.1. The molecule has 1 amide bonds. The third-order valence-electron chi connectivity index (χ3n) is 2.98. The maximum Gasteiger partial charge on any atom is 0.254 e. The monoisotopic (exact) mass is 273 g/mol. The average Bonchev–Trinajstić information content (AvgIpc) is 2.40. The molecule has 0 unspecified atom stereocenters. The Balaban J connectivity index is 1.94. The zero-order chi connectivity index (χ0) is 14.5. The van der Waals surface area contributed by atoms with Crippen LogP contribution in [0, 0.1) is 19.7 Å². The molecule has 0 aliphatic rings. The molecular weight excluding hydrogens is 257 g/mol. The van der Waals surface area contributed by atoms with Crippen molar-refractivity contribution < 1.29 is 9.18 Å². The van der Waals surface area contributed by atoms with E-state index in [0.717, 1.165) is 0 Å². The second kappa shape index (κ2) is 6.23. The number of rotatable bonds is 4. The summed E-state index contributed by atoms with van der Waals surface area (Å²) in [6.45, 7) is 3.90. The fourth-order valence-electron chi connectivity index (χ4n) is 1.91. The molecule has 0 aliphatic carbocycles. The summed E-state index contributed by atoms with van der Waals surface area (Å²) in [5, 5.41) is 2.75. The predicted molar refractivity (Wildman–Crippen MR) is 73.9 cm³/mol. The molecule has 1 aromatic heterocycles. The van der Waals surface area contributed by atoms with Gasteiger partial charge in [-0.2, -0.15) is 0 Å². The van der Waals surface area contributed by atoms with E-state index in [1.54, 1.807) is 32.0 Å². The van der Waals surface area contributed by atoms with Gasteiger partial charge in [0, 0.05) is 12.7 Å². The van der Waals surface area contributed by atoms with Gasteiger partial charge in [0.2, 0.25) is 0 Å². The third kappa shape index (κ3) is 3.38. The fourth-order valence-corrected chi connectivity index (χ4v) is 1.91. The van der Waals surface area contributed by atoms with Crippen LogP contribution in [-0.2, 0) is 6.42 Å². The van der Waals surface area contributed by atoms with Crippen molar-refractivity contribution in [3.05, 3.63) is 58.9 Å². The molecule has 0 aliphatic heterocycles. The Bertz CT molecular complexity index is 628. The molecule has 0 spiro atoms. The molecule has 104 valence electrons. The highest BCUT2D eigenvalue weighted by Crippen LogP contribution is 2.07. The summed E-state index contributed by atoms with van der Waals surface area (Å²) >= 11 is 0. The van der Waals surface area contributed by atoms with Crippen molar-refractivity contribution in [3.63, 3.8) is 0 Å². The van der Waals surface area contributed by atoms with Crippen molar-refractivity contribution in [2.75, 3.05) is 6.54 Å². The summed E-state index contributed by atoms with van der Waals surface area (Å²) in [6.07, 6.45) is 1.96. The van der Waals surface area contributed by atoms with Crippen LogP contribution in [0.4, 0.5) is 4.39 Å². The summed E-state index contributed by atoms with van der Waals surface area (Å²) in [5.74, 6) is 0.140. The van der Waals surface area contributed by atoms with Gasteiger partial charge in [-0.05, 0) is 31.9 Å². The Morgan fingerprint density at radius 2 is 2.05 bits per heavy atom. The molecule has 1 N–H and O–H groups in total. The van der Waals surface area contributed by atoms with E-state index in [1.165, 1.54) is 12.3 Å². The lowest BCUT2D eigenvalue weighted by molar-refractivity contribution is 0.0952. The van der Waals surface area contributed by atoms with E-state index in [1.807, 2.05) is 0 Å². The highest BCUT2D eigenvalue weighted by Gasteiger charge is 2.10. The van der Waals surface area contributed by atoms with Gasteiger partial charge in [-0.1, -0.05) is 18.2 Å². The van der Waals surface area contributed by atoms with Crippen LogP contribution in [0.1, 0.15) is 27.4 Å². The van der Waals surface area contributed by atoms with E-state index in [4.69, 9.17) is 0 Å². The second-order valence-corrected chi connectivity index (χ2v) is 4.51. The molecule has 2 aromatic rings. The van der Waals surface area contributed by atoms with Crippen molar-refractivity contribution in [3.8, 4) is 0 Å². The van der Waals surface area contributed by atoms with Crippen LogP contribution >= 0.6 is 0 Å². The molecule has 0 fully saturated rings. The van der Waals surface area contributed by atoms with Crippen LogP contribution in [0.2, 0.25) is 0 Å². The number of amides is 1. The van der Waals surface area contributed by atoms with Crippen LogP contribution in [-0.4, -0.2) is 22.4 Å². The van der Waals surface area contributed by atoms with Crippen molar-refractivity contribution in [2.24, 2.45) is 0 Å². The van der Waals surface area contributed by atoms with Crippen LogP contribution in [0.15, 0.2) is 30.5 Å². The molecule has 0 saturated heterocycles. The number of aryl methyl sites for hydroxylation is 2. The van der Waals surface area contributed by atoms with Gasteiger partial charge in [0.15, 0.2) is 0 Å². The van der Waals surface area contributed by atoms with Crippen molar-refractivity contribution in [1.29, 1.82) is 0 Å². The molecular formula is C15H16FN3O. The summed E-state index contributed by atoms with van der Waals surface area (Å²) < 4.78 is 13.4. The standard InChI is InChI=1S/C15H16FN3O/c1-10-13(9-18-11(2)19-10)15(20)17-8-7-12-5-3-4-6-14(12)16/h3-6,9H,7-8H2,1-2H3,(H,17,20). The third-order valence-corrected chi connectivity index (χ3v) is 2.98. The lowest BCUT2D eigenvalue weighted by Crippen LogP contribution is -2.27. The Kier molecular flexibility index (Phi) is 4.40. The summed E-state index contributed by atoms with van der Waals surface area (Å²) in [6, 6.07) is 6.54. The molecule has 5 heteroatoms. The highest BCUT2D eigenvalue weighted by molar-refractivity contribution is 5.94. The SMILES string of the molecule is Cc1ncc(C(=O)NCCc2ccccc2F)c(C)n1. The highest BCUT2D eigenvalue weighted by atomic mass is 19.1. The maximum atomic E-state index is 13.4. The van der Waals surface area contributed by atoms with Gasteiger partial charge in [-0.25, -0.2) is 14.4 Å². The molecule has 1 heterocycles. The molecule has 4 nitrogen and oxygen atoms in total. The number of carbonyl (C=O) groups excluding carboxylic acids is 1. The Labute approximate surface area is 117 Å². The minimum Gasteiger partial charge on any atom is -0.352 e. The smallest absolute Gasteiger partial charge is 0.254 e. The molecule has 2 rings (SSSR count). The Morgan fingerprint density at radius 1 is 1.30 bits per heavy atom. The van der Waals surface area contributed by atoms with Crippen LogP contribution in [0.3, 0.4) is 0 Å². The van der Waals surface area contributed by atoms with Crippen molar-refractivity contribution >= 4 is 5.91 Å². The number of halogens is 1. The number of nitrogens with one attached hydrogen (secondary N) is 1. The van der Waals surface area contributed by atoms with Gasteiger partial charge in [-0.15, -0.1) is 0 Å². The van der Waals surface area contributed by atoms with E-state index in [0.29, 0.717) is 35.6 Å². The van der Waals surface area contributed by atoms with Crippen molar-refractivity contribution in [1.82, 2.24) is 15.3 Å². The second-order valence-electron chi connectivity index (χ2n) is 4.51. The first-order valence-electron chi connectivity index (χ1n) is 6.40. The van der Waals surface area contributed by atoms with Crippen LogP contribution in [0.25, 0.3) is 0 Å². The van der Waals surface area contributed by atoms with Gasteiger partial charge in [-0.3, -0.25) is 4.79 Å². The molecule has 1 aromatic carbocycles. The van der Waals surface area contributed by atoms with E-state index in [2.05, 4.69) is 15.3 Å². The largest absolute Gasteiger partial charge is 0.352 e. The normalized spacial score (nSPS) is 10.3. The quantitative estimate of drug-likeness (QED) is 0.929. The topological polar surface area (TPSA) is 54.9 Å². The van der Waals surface area contributed by atoms with E-state index >= 15 is 0 Å². The van der Waals surface area contributed by atoms with Gasteiger partial charge >= 0.3 is 0 Å². The van der Waals surface area contributed by atoms with Crippen LogP contribution in [0.5, 0.6) is 0 Å². The van der Waals surface area contributed by atoms with Crippen LogP contribution < -0.4 is 5.32 Å². The Morgan fingerprint density at radius 3 is 2.75 bits per heavy atom. The fraction of sp³-hybridized carbons (Fsp3) is 0.267. The number of aromatic nitrogens is 2. The maximum absolute atomic E-state index is 13.4. The lowest BCUT2D eigenvalue weighted by Gasteiger charge is -2.07. The van der Waals surface area contributed by atoms with Gasteiger partial charge < -0.3 is 5.32 Å². The van der Waals surface area contributed by atoms with Gasteiger partial charge in [0.05, 0.1) is 11.3 Å². The van der Waals surface area contributed by atoms with Gasteiger partial charge in [0.25, 0.3) is 5.91 Å². The zero-order valence-electron chi connectivity index (χ0n) is 11.5. The average molecular weight is 273 g/mol. The Hall–Kier alpha value is -2.30. The number of carbonyl (C=O) groups is 1. The predicted octanol–water partition coefficient (Wildman–Crippen LogP) is 2.21. The molecule has 0 radical (unpaired) electrons. The number of nitrogens with zero attached hydrogens (tertiary/aromatic N) is 2. The zero-order valence-corrected chi connectivity index (χ0v) is 11.5. The first-order valence-corrected chi connectivity index (χ1v) is 6.40. The minimum absolute atomic E-state index is 0.237. The summed E-state index contributed by atoms with van der Waals surface area (Å²) in [7, 11) is 0. The first-order chi connectivity index (χ1) is 9.58. The van der Waals surface area contributed by atoms with E-state index in [-0.39, 0.29) is 11.7 Å². The molecule has 20 heavy (non-hydrogen) atoms. The number of hydrogen-bond donors (Lipinski definition) is 1. The molecule has 0 saturated carbocycles. The summed E-state index contributed by atoms with van der Waals surface area (Å²) in [5.41, 5.74) is 1.68. The lowest BCUT2D eigenvalue weighted by atomic mass is 10.1. The van der Waals surface area contributed by atoms with Gasteiger partial charge in [0.1, 0.15) is 11.6 Å². The summed E-state index contributed by atoms with van der Waals surface area (Å²) in [4.78, 5) is 20.1. The number of hydrogen-bond acceptors (Lipinski definition) is 3.